The molecular formula is C17H21N. The maximum Gasteiger partial charge on any atom is -0.00177 e. The van der Waals surface area contributed by atoms with Crippen LogP contribution in [0.4, 0.5) is 0 Å². The Hall–Kier alpha value is -1.34. The van der Waals surface area contributed by atoms with Crippen molar-refractivity contribution >= 4 is 10.8 Å². The molecule has 2 atom stereocenters. The number of hydrogen-bond acceptors (Lipinski definition) is 1. The van der Waals surface area contributed by atoms with E-state index in [0.717, 1.165) is 18.4 Å². The summed E-state index contributed by atoms with van der Waals surface area (Å²) in [5.74, 6) is 1.57. The second-order valence-electron chi connectivity index (χ2n) is 5.46. The van der Waals surface area contributed by atoms with Gasteiger partial charge in [-0.15, -0.1) is 0 Å². The van der Waals surface area contributed by atoms with Crippen LogP contribution in [-0.2, 0) is 0 Å². The highest BCUT2D eigenvalue weighted by atomic mass is 14.8. The van der Waals surface area contributed by atoms with E-state index in [1.54, 1.807) is 0 Å². The molecular weight excluding hydrogens is 218 g/mol. The van der Waals surface area contributed by atoms with Crippen molar-refractivity contribution in [3.63, 3.8) is 0 Å². The summed E-state index contributed by atoms with van der Waals surface area (Å²) in [7, 11) is 2.07. The molecule has 1 heteroatoms. The minimum atomic E-state index is 0.752. The van der Waals surface area contributed by atoms with E-state index < -0.39 is 0 Å². The Morgan fingerprint density at radius 3 is 2.72 bits per heavy atom. The Kier molecular flexibility index (Phi) is 3.33. The summed E-state index contributed by atoms with van der Waals surface area (Å²) in [6.45, 7) is 1.15. The molecule has 94 valence electrons. The lowest BCUT2D eigenvalue weighted by molar-refractivity contribution is 0.463. The number of rotatable bonds is 3. The van der Waals surface area contributed by atoms with Gasteiger partial charge in [-0.25, -0.2) is 0 Å². The highest BCUT2D eigenvalue weighted by molar-refractivity contribution is 5.83. The van der Waals surface area contributed by atoms with Crippen LogP contribution in [0.25, 0.3) is 10.8 Å². The van der Waals surface area contributed by atoms with Gasteiger partial charge in [-0.1, -0.05) is 48.9 Å². The van der Waals surface area contributed by atoms with Gasteiger partial charge >= 0.3 is 0 Å². The molecule has 2 aromatic carbocycles. The van der Waals surface area contributed by atoms with Gasteiger partial charge in [0.05, 0.1) is 0 Å². The van der Waals surface area contributed by atoms with Crippen LogP contribution in [-0.4, -0.2) is 13.6 Å². The molecule has 1 nitrogen and oxygen atoms in total. The Bertz CT molecular complexity index is 532. The van der Waals surface area contributed by atoms with Crippen LogP contribution in [0.15, 0.2) is 42.5 Å². The molecule has 0 aromatic heterocycles. The molecule has 0 radical (unpaired) electrons. The van der Waals surface area contributed by atoms with E-state index in [-0.39, 0.29) is 0 Å². The maximum atomic E-state index is 3.35. The van der Waals surface area contributed by atoms with Gasteiger partial charge in [0.25, 0.3) is 0 Å². The number of benzene rings is 2. The van der Waals surface area contributed by atoms with Crippen LogP contribution in [0.2, 0.25) is 0 Å². The van der Waals surface area contributed by atoms with Gasteiger partial charge in [0.1, 0.15) is 0 Å². The fraction of sp³-hybridized carbons (Fsp3) is 0.412. The zero-order chi connectivity index (χ0) is 12.4. The Balaban J connectivity index is 1.93. The fourth-order valence-corrected chi connectivity index (χ4v) is 3.42. The lowest BCUT2D eigenvalue weighted by Gasteiger charge is -2.20. The van der Waals surface area contributed by atoms with Crippen molar-refractivity contribution in [3.8, 4) is 0 Å². The molecule has 1 saturated carbocycles. The van der Waals surface area contributed by atoms with Crippen LogP contribution >= 0.6 is 0 Å². The lowest BCUT2D eigenvalue weighted by Crippen LogP contribution is -2.20. The molecule has 2 unspecified atom stereocenters. The molecule has 0 aliphatic heterocycles. The van der Waals surface area contributed by atoms with Crippen LogP contribution in [0.1, 0.15) is 30.7 Å². The summed E-state index contributed by atoms with van der Waals surface area (Å²) < 4.78 is 0. The van der Waals surface area contributed by atoms with E-state index in [4.69, 9.17) is 0 Å². The Morgan fingerprint density at radius 1 is 1.06 bits per heavy atom. The van der Waals surface area contributed by atoms with Gasteiger partial charge in [0.2, 0.25) is 0 Å². The van der Waals surface area contributed by atoms with Crippen molar-refractivity contribution in [1.82, 2.24) is 5.32 Å². The van der Waals surface area contributed by atoms with E-state index >= 15 is 0 Å². The topological polar surface area (TPSA) is 12.0 Å². The largest absolute Gasteiger partial charge is 0.319 e. The molecule has 3 rings (SSSR count). The van der Waals surface area contributed by atoms with Crippen LogP contribution in [0, 0.1) is 5.92 Å². The van der Waals surface area contributed by atoms with Gasteiger partial charge in [0, 0.05) is 0 Å². The smallest absolute Gasteiger partial charge is 0.00177 e. The summed E-state index contributed by atoms with van der Waals surface area (Å²) in [6, 6.07) is 15.7. The SMILES string of the molecule is CNCC1CCCC1c1ccc2ccccc2c1. The summed E-state index contributed by atoms with van der Waals surface area (Å²) >= 11 is 0. The van der Waals surface area contributed by atoms with Crippen LogP contribution in [0.5, 0.6) is 0 Å². The molecule has 1 aliphatic carbocycles. The normalized spacial score (nSPS) is 23.6. The summed E-state index contributed by atoms with van der Waals surface area (Å²) in [4.78, 5) is 0. The van der Waals surface area contributed by atoms with E-state index in [2.05, 4.69) is 54.8 Å². The number of fused-ring (bicyclic) bond motifs is 1. The predicted octanol–water partition coefficient (Wildman–Crippen LogP) is 3.94. The number of hydrogen-bond donors (Lipinski definition) is 1. The molecule has 2 aromatic rings. The van der Waals surface area contributed by atoms with E-state index in [1.807, 2.05) is 0 Å². The van der Waals surface area contributed by atoms with Crippen molar-refractivity contribution in [2.75, 3.05) is 13.6 Å². The first-order valence-corrected chi connectivity index (χ1v) is 7.02. The zero-order valence-corrected chi connectivity index (χ0v) is 11.0. The molecule has 0 bridgehead atoms. The van der Waals surface area contributed by atoms with Crippen LogP contribution < -0.4 is 5.32 Å². The second-order valence-corrected chi connectivity index (χ2v) is 5.46. The second kappa shape index (κ2) is 5.11. The Labute approximate surface area is 109 Å². The average molecular weight is 239 g/mol. The van der Waals surface area contributed by atoms with Crippen molar-refractivity contribution in [1.29, 1.82) is 0 Å². The fourth-order valence-electron chi connectivity index (χ4n) is 3.42. The third-order valence-electron chi connectivity index (χ3n) is 4.33. The first kappa shape index (κ1) is 11.7. The molecule has 1 aliphatic rings. The molecule has 0 saturated heterocycles. The van der Waals surface area contributed by atoms with Crippen molar-refractivity contribution in [2.45, 2.75) is 25.2 Å². The summed E-state index contributed by atoms with van der Waals surface area (Å²) in [5, 5.41) is 6.08. The Morgan fingerprint density at radius 2 is 1.89 bits per heavy atom. The highest BCUT2D eigenvalue weighted by Gasteiger charge is 2.27. The summed E-state index contributed by atoms with van der Waals surface area (Å²) in [5.41, 5.74) is 1.53. The van der Waals surface area contributed by atoms with Gasteiger partial charge in [-0.05, 0) is 54.6 Å². The molecule has 1 N–H and O–H groups in total. The summed E-state index contributed by atoms with van der Waals surface area (Å²) in [6.07, 6.45) is 4.10. The first-order chi connectivity index (χ1) is 8.88. The quantitative estimate of drug-likeness (QED) is 0.855. The number of nitrogens with one attached hydrogen (secondary N) is 1. The first-order valence-electron chi connectivity index (χ1n) is 7.02. The predicted molar refractivity (Wildman–Crippen MR) is 78.0 cm³/mol. The molecule has 0 heterocycles. The minimum Gasteiger partial charge on any atom is -0.319 e. The minimum absolute atomic E-state index is 0.752. The third kappa shape index (κ3) is 2.15. The van der Waals surface area contributed by atoms with Gasteiger partial charge in [-0.3, -0.25) is 0 Å². The van der Waals surface area contributed by atoms with Crippen molar-refractivity contribution < 1.29 is 0 Å². The van der Waals surface area contributed by atoms with Gasteiger partial charge in [0.15, 0.2) is 0 Å². The van der Waals surface area contributed by atoms with Crippen LogP contribution in [0.3, 0.4) is 0 Å². The average Bonchev–Trinajstić information content (AvgIpc) is 2.87. The van der Waals surface area contributed by atoms with Crippen molar-refractivity contribution in [3.05, 3.63) is 48.0 Å². The molecule has 1 fully saturated rings. The zero-order valence-electron chi connectivity index (χ0n) is 11.0. The maximum absolute atomic E-state index is 3.35. The van der Waals surface area contributed by atoms with Gasteiger partial charge < -0.3 is 5.32 Å². The molecule has 0 spiro atoms. The van der Waals surface area contributed by atoms with Gasteiger partial charge in [-0.2, -0.15) is 0 Å². The highest BCUT2D eigenvalue weighted by Crippen LogP contribution is 2.39. The standard InChI is InChI=1S/C17H21N/c1-18-12-16-7-4-8-17(16)15-10-9-13-5-2-3-6-14(13)11-15/h2-3,5-6,9-11,16-18H,4,7-8,12H2,1H3. The molecule has 18 heavy (non-hydrogen) atoms. The molecule has 0 amide bonds. The third-order valence-corrected chi connectivity index (χ3v) is 4.33. The van der Waals surface area contributed by atoms with E-state index in [0.29, 0.717) is 0 Å². The monoisotopic (exact) mass is 239 g/mol. The lowest BCUT2D eigenvalue weighted by atomic mass is 9.88. The van der Waals surface area contributed by atoms with E-state index in [9.17, 15) is 0 Å². The van der Waals surface area contributed by atoms with E-state index in [1.165, 1.54) is 35.6 Å². The van der Waals surface area contributed by atoms with Crippen molar-refractivity contribution in [2.24, 2.45) is 5.92 Å².